The lowest BCUT2D eigenvalue weighted by Gasteiger charge is -2.07. The normalized spacial score (nSPS) is 11.4. The van der Waals surface area contributed by atoms with Crippen LogP contribution in [0.15, 0.2) is 53.5 Å². The molecule has 0 saturated heterocycles. The average Bonchev–Trinajstić information content (AvgIpc) is 2.41. The van der Waals surface area contributed by atoms with Gasteiger partial charge in [-0.2, -0.15) is 0 Å². The van der Waals surface area contributed by atoms with E-state index in [9.17, 15) is 0 Å². The molecular formula is C15H16IN3. The summed E-state index contributed by atoms with van der Waals surface area (Å²) in [6.45, 7) is 2.13. The van der Waals surface area contributed by atoms with Crippen molar-refractivity contribution >= 4 is 39.9 Å². The number of nitrogens with two attached hydrogens (primary N) is 1. The number of nitrogens with zero attached hydrogens (tertiary/aromatic N) is 1. The smallest absolute Gasteiger partial charge is 0.198 e. The predicted molar refractivity (Wildman–Crippen MR) is 89.9 cm³/mol. The average molecular weight is 365 g/mol. The highest BCUT2D eigenvalue weighted by Crippen LogP contribution is 2.20. The van der Waals surface area contributed by atoms with E-state index in [0.717, 1.165) is 21.4 Å². The summed E-state index contributed by atoms with van der Waals surface area (Å²) in [6, 6.07) is 16.1. The number of para-hydroxylation sites is 1. The van der Waals surface area contributed by atoms with Crippen molar-refractivity contribution in [3.8, 4) is 0 Å². The third-order valence-electron chi connectivity index (χ3n) is 2.70. The van der Waals surface area contributed by atoms with Crippen LogP contribution >= 0.6 is 22.6 Å². The summed E-state index contributed by atoms with van der Waals surface area (Å²) in [4.78, 5) is 4.39. The summed E-state index contributed by atoms with van der Waals surface area (Å²) in [7, 11) is 0. The van der Waals surface area contributed by atoms with Crippen molar-refractivity contribution < 1.29 is 0 Å². The zero-order chi connectivity index (χ0) is 13.7. The number of guanidine groups is 1. The van der Waals surface area contributed by atoms with Crippen LogP contribution < -0.4 is 11.1 Å². The SMILES string of the molecule is CCc1cccc(NC(N)=Nc2ccccc2I)c1. The third kappa shape index (κ3) is 3.96. The van der Waals surface area contributed by atoms with E-state index in [1.165, 1.54) is 5.56 Å². The molecule has 3 N–H and O–H groups in total. The Labute approximate surface area is 127 Å². The maximum absolute atomic E-state index is 5.93. The number of aryl methyl sites for hydroxylation is 1. The molecule has 2 aromatic carbocycles. The van der Waals surface area contributed by atoms with Crippen LogP contribution in [0.5, 0.6) is 0 Å². The monoisotopic (exact) mass is 365 g/mol. The first-order valence-corrected chi connectivity index (χ1v) is 7.21. The first-order chi connectivity index (χ1) is 9.19. The van der Waals surface area contributed by atoms with Crippen LogP contribution in [0.3, 0.4) is 0 Å². The molecule has 0 radical (unpaired) electrons. The van der Waals surface area contributed by atoms with E-state index in [4.69, 9.17) is 5.73 Å². The van der Waals surface area contributed by atoms with Gasteiger partial charge in [-0.15, -0.1) is 0 Å². The Morgan fingerprint density at radius 1 is 1.21 bits per heavy atom. The standard InChI is InChI=1S/C15H16IN3/c1-2-11-6-5-7-12(10-11)18-15(17)19-14-9-4-3-8-13(14)16/h3-10H,2H2,1H3,(H3,17,18,19). The highest BCUT2D eigenvalue weighted by atomic mass is 127. The molecule has 2 rings (SSSR count). The molecule has 98 valence electrons. The van der Waals surface area contributed by atoms with E-state index in [1.54, 1.807) is 0 Å². The van der Waals surface area contributed by atoms with Crippen molar-refractivity contribution in [2.24, 2.45) is 10.7 Å². The van der Waals surface area contributed by atoms with Crippen molar-refractivity contribution in [3.05, 3.63) is 57.7 Å². The molecule has 0 fully saturated rings. The Hall–Kier alpha value is -1.56. The van der Waals surface area contributed by atoms with Crippen LogP contribution in [-0.2, 0) is 6.42 Å². The van der Waals surface area contributed by atoms with Gasteiger partial charge in [-0.3, -0.25) is 0 Å². The van der Waals surface area contributed by atoms with Gasteiger partial charge in [0.15, 0.2) is 5.96 Å². The summed E-state index contributed by atoms with van der Waals surface area (Å²) in [5, 5.41) is 3.12. The maximum Gasteiger partial charge on any atom is 0.198 e. The molecule has 0 aliphatic carbocycles. The van der Waals surface area contributed by atoms with Crippen molar-refractivity contribution in [3.63, 3.8) is 0 Å². The van der Waals surface area contributed by atoms with Gasteiger partial charge in [0, 0.05) is 9.26 Å². The van der Waals surface area contributed by atoms with Crippen molar-refractivity contribution in [1.29, 1.82) is 0 Å². The molecule has 2 aromatic rings. The second-order valence-corrected chi connectivity index (χ2v) is 5.29. The van der Waals surface area contributed by atoms with Gasteiger partial charge in [-0.05, 0) is 58.8 Å². The lowest BCUT2D eigenvalue weighted by atomic mass is 10.1. The fourth-order valence-electron chi connectivity index (χ4n) is 1.72. The molecule has 0 spiro atoms. The molecule has 0 amide bonds. The lowest BCUT2D eigenvalue weighted by Crippen LogP contribution is -2.22. The van der Waals surface area contributed by atoms with Crippen LogP contribution in [-0.4, -0.2) is 5.96 Å². The molecule has 19 heavy (non-hydrogen) atoms. The molecule has 0 saturated carbocycles. The summed E-state index contributed by atoms with van der Waals surface area (Å²) < 4.78 is 1.08. The molecule has 0 atom stereocenters. The van der Waals surface area contributed by atoms with Gasteiger partial charge in [0.05, 0.1) is 5.69 Å². The van der Waals surface area contributed by atoms with Crippen molar-refractivity contribution in [1.82, 2.24) is 0 Å². The number of hydrogen-bond donors (Lipinski definition) is 2. The van der Waals surface area contributed by atoms with Gasteiger partial charge < -0.3 is 11.1 Å². The van der Waals surface area contributed by atoms with Gasteiger partial charge in [0.2, 0.25) is 0 Å². The highest BCUT2D eigenvalue weighted by Gasteiger charge is 1.99. The van der Waals surface area contributed by atoms with E-state index < -0.39 is 0 Å². The number of hydrogen-bond acceptors (Lipinski definition) is 1. The number of anilines is 1. The van der Waals surface area contributed by atoms with Gasteiger partial charge in [0.25, 0.3) is 0 Å². The zero-order valence-electron chi connectivity index (χ0n) is 10.7. The van der Waals surface area contributed by atoms with Gasteiger partial charge in [-0.25, -0.2) is 4.99 Å². The fourth-order valence-corrected chi connectivity index (χ4v) is 2.23. The van der Waals surface area contributed by atoms with Gasteiger partial charge >= 0.3 is 0 Å². The third-order valence-corrected chi connectivity index (χ3v) is 3.61. The summed E-state index contributed by atoms with van der Waals surface area (Å²) in [6.07, 6.45) is 1.00. The molecule has 0 bridgehead atoms. The zero-order valence-corrected chi connectivity index (χ0v) is 12.9. The number of aliphatic imine (C=N–C) groups is 1. The van der Waals surface area contributed by atoms with Crippen LogP contribution in [0.25, 0.3) is 0 Å². The molecule has 3 nitrogen and oxygen atoms in total. The van der Waals surface area contributed by atoms with Crippen LogP contribution in [0.2, 0.25) is 0 Å². The summed E-state index contributed by atoms with van der Waals surface area (Å²) in [5.74, 6) is 0.400. The van der Waals surface area contributed by atoms with E-state index in [-0.39, 0.29) is 0 Å². The molecule has 0 aliphatic rings. The number of benzene rings is 2. The molecule has 0 unspecified atom stereocenters. The van der Waals surface area contributed by atoms with Crippen molar-refractivity contribution in [2.45, 2.75) is 13.3 Å². The van der Waals surface area contributed by atoms with E-state index in [1.807, 2.05) is 36.4 Å². The van der Waals surface area contributed by atoms with Crippen LogP contribution in [0.4, 0.5) is 11.4 Å². The van der Waals surface area contributed by atoms with E-state index >= 15 is 0 Å². The van der Waals surface area contributed by atoms with Crippen LogP contribution in [0, 0.1) is 3.57 Å². The molecule has 4 heteroatoms. The first kappa shape index (κ1) is 13.9. The Bertz CT molecular complexity index is 593. The molecule has 0 heterocycles. The fraction of sp³-hybridized carbons (Fsp3) is 0.133. The predicted octanol–water partition coefficient (Wildman–Crippen LogP) is 3.91. The summed E-state index contributed by atoms with van der Waals surface area (Å²) in [5.41, 5.74) is 9.04. The Morgan fingerprint density at radius 3 is 2.74 bits per heavy atom. The molecule has 0 aromatic heterocycles. The largest absolute Gasteiger partial charge is 0.369 e. The van der Waals surface area contributed by atoms with Gasteiger partial charge in [-0.1, -0.05) is 31.2 Å². The minimum Gasteiger partial charge on any atom is -0.369 e. The van der Waals surface area contributed by atoms with Crippen molar-refractivity contribution in [2.75, 3.05) is 5.32 Å². The second-order valence-electron chi connectivity index (χ2n) is 4.13. The molecule has 0 aliphatic heterocycles. The minimum atomic E-state index is 0.400. The van der Waals surface area contributed by atoms with Crippen LogP contribution in [0.1, 0.15) is 12.5 Å². The lowest BCUT2D eigenvalue weighted by molar-refractivity contribution is 1.14. The summed E-state index contributed by atoms with van der Waals surface area (Å²) >= 11 is 2.25. The quantitative estimate of drug-likeness (QED) is 0.492. The number of rotatable bonds is 3. The Morgan fingerprint density at radius 2 is 2.00 bits per heavy atom. The number of halogens is 1. The maximum atomic E-state index is 5.93. The topological polar surface area (TPSA) is 50.4 Å². The second kappa shape index (κ2) is 6.56. The first-order valence-electron chi connectivity index (χ1n) is 6.13. The van der Waals surface area contributed by atoms with E-state index in [0.29, 0.717) is 5.96 Å². The highest BCUT2D eigenvalue weighted by molar-refractivity contribution is 14.1. The minimum absolute atomic E-state index is 0.400. The molecular weight excluding hydrogens is 349 g/mol. The van der Waals surface area contributed by atoms with E-state index in [2.05, 4.69) is 52.0 Å². The number of nitrogens with one attached hydrogen (secondary N) is 1. The Kier molecular flexibility index (Phi) is 4.79. The van der Waals surface area contributed by atoms with Gasteiger partial charge in [0.1, 0.15) is 0 Å². The Balaban J connectivity index is 2.16.